The van der Waals surface area contributed by atoms with E-state index in [0.29, 0.717) is 11.7 Å². The van der Waals surface area contributed by atoms with Crippen molar-refractivity contribution in [3.63, 3.8) is 0 Å². The van der Waals surface area contributed by atoms with Gasteiger partial charge in [-0.3, -0.25) is 0 Å². The van der Waals surface area contributed by atoms with Crippen molar-refractivity contribution in [1.29, 1.82) is 0 Å². The molecule has 1 aromatic rings. The normalized spacial score (nSPS) is 18.2. The van der Waals surface area contributed by atoms with Gasteiger partial charge in [0.25, 0.3) is 0 Å². The monoisotopic (exact) mass is 232 g/mol. The first-order valence-corrected chi connectivity index (χ1v) is 5.64. The number of aliphatic imine (C=N–C) groups is 2. The topological polar surface area (TPSA) is 51.8 Å². The zero-order chi connectivity index (χ0) is 11.8. The molecule has 0 saturated carbocycles. The molecule has 0 fully saturated rings. The van der Waals surface area contributed by atoms with Crippen molar-refractivity contribution in [3.05, 3.63) is 18.0 Å². The molecule has 1 aromatic heterocycles. The molecule has 2 radical (unpaired) electrons. The van der Waals surface area contributed by atoms with Crippen LogP contribution in [0.1, 0.15) is 26.5 Å². The van der Waals surface area contributed by atoms with Crippen LogP contribution in [0.15, 0.2) is 22.2 Å². The van der Waals surface area contributed by atoms with E-state index in [1.165, 1.54) is 0 Å². The fourth-order valence-electron chi connectivity index (χ4n) is 1.53. The second-order valence-electron chi connectivity index (χ2n) is 4.07. The minimum Gasteiger partial charge on any atom is -0.637 e. The van der Waals surface area contributed by atoms with Crippen LogP contribution in [0.25, 0.3) is 0 Å². The Morgan fingerprint density at radius 1 is 1.44 bits per heavy atom. The van der Waals surface area contributed by atoms with Crippen LogP contribution < -0.4 is 0 Å². The Morgan fingerprint density at radius 3 is 2.75 bits per heavy atom. The molecular formula is C10H13AlN4O. The number of nitrogens with zero attached hydrogens (tertiary/aromatic N) is 4. The highest BCUT2D eigenvalue weighted by Crippen LogP contribution is 2.19. The van der Waals surface area contributed by atoms with Crippen LogP contribution in [-0.2, 0) is 10.2 Å². The third-order valence-electron chi connectivity index (χ3n) is 2.28. The molecule has 0 saturated heterocycles. The Balaban J connectivity index is 2.38. The number of hydrogen-bond acceptors (Lipinski definition) is 4. The first-order chi connectivity index (χ1) is 7.55. The summed E-state index contributed by atoms with van der Waals surface area (Å²) in [5.41, 5.74) is 0.551. The second kappa shape index (κ2) is 4.04. The maximum Gasteiger partial charge on any atom is 0.483 e. The van der Waals surface area contributed by atoms with Crippen LogP contribution in [0, 0.1) is 0 Å². The molecule has 5 nitrogen and oxygen atoms in total. The lowest BCUT2D eigenvalue weighted by molar-refractivity contribution is 0.544. The largest absolute Gasteiger partial charge is 0.637 e. The highest BCUT2D eigenvalue weighted by molar-refractivity contribution is 6.42. The van der Waals surface area contributed by atoms with Gasteiger partial charge in [-0.25, -0.2) is 14.7 Å². The van der Waals surface area contributed by atoms with Crippen LogP contribution >= 0.6 is 0 Å². The predicted octanol–water partition coefficient (Wildman–Crippen LogP) is 0.940. The third-order valence-corrected chi connectivity index (χ3v) is 2.50. The Kier molecular flexibility index (Phi) is 2.87. The molecule has 0 atom stereocenters. The van der Waals surface area contributed by atoms with Crippen molar-refractivity contribution in [2.45, 2.75) is 32.9 Å². The highest BCUT2D eigenvalue weighted by Gasteiger charge is 2.28. The van der Waals surface area contributed by atoms with Crippen LogP contribution in [0.2, 0.25) is 0 Å². The van der Waals surface area contributed by atoms with Crippen LogP contribution in [0.5, 0.6) is 0 Å². The first kappa shape index (κ1) is 11.4. The average Bonchev–Trinajstić information content (AvgIpc) is 2.81. The Labute approximate surface area is 103 Å². The summed E-state index contributed by atoms with van der Waals surface area (Å²) >= 11 is 2.19. The van der Waals surface area contributed by atoms with Crippen molar-refractivity contribution in [2.24, 2.45) is 9.98 Å². The maximum atomic E-state index is 5.13. The molecule has 1 aliphatic rings. The standard InChI is InChI=1S/C10H14N4O.Al/c1-4-7-5-6-14(13-7)8-9(15)12-10(2,3)11-8;/h5-6H,4H2,1-3H3,(H,12,15);/q;+1/p-1. The van der Waals surface area contributed by atoms with E-state index in [9.17, 15) is 0 Å². The molecule has 0 aliphatic carbocycles. The minimum absolute atomic E-state index is 0.473. The first-order valence-electron chi connectivity index (χ1n) is 5.17. The highest BCUT2D eigenvalue weighted by atomic mass is 27.1. The molecule has 1 aliphatic heterocycles. The maximum absolute atomic E-state index is 5.13. The van der Waals surface area contributed by atoms with Gasteiger partial charge in [0.05, 0.1) is 5.69 Å². The lowest BCUT2D eigenvalue weighted by Gasteiger charge is -2.06. The summed E-state index contributed by atoms with van der Waals surface area (Å²) in [6, 6.07) is 1.97. The number of aryl methyl sites for hydroxylation is 1. The average molecular weight is 232 g/mol. The Hall–Kier alpha value is -1.12. The lowest BCUT2D eigenvalue weighted by Crippen LogP contribution is -2.23. The molecule has 0 N–H and O–H groups in total. The Bertz CT molecular complexity index is 461. The summed E-state index contributed by atoms with van der Waals surface area (Å²) in [6.45, 7) is 5.91. The van der Waals surface area contributed by atoms with Crippen molar-refractivity contribution in [1.82, 2.24) is 9.78 Å². The smallest absolute Gasteiger partial charge is 0.483 e. The molecule has 82 valence electrons. The summed E-state index contributed by atoms with van der Waals surface area (Å²) in [5, 5.41) is 4.39. The van der Waals surface area contributed by atoms with E-state index in [4.69, 9.17) is 3.79 Å². The molecule has 16 heavy (non-hydrogen) atoms. The van der Waals surface area contributed by atoms with E-state index in [2.05, 4.69) is 38.6 Å². The summed E-state index contributed by atoms with van der Waals surface area (Å²) in [6.07, 6.45) is 2.77. The van der Waals surface area contributed by atoms with Gasteiger partial charge in [-0.05, 0) is 26.3 Å². The molecule has 6 heteroatoms. The van der Waals surface area contributed by atoms with Crippen LogP contribution in [0.3, 0.4) is 0 Å². The van der Waals surface area contributed by atoms with Crippen LogP contribution in [-0.4, -0.2) is 43.8 Å². The number of aromatic nitrogens is 2. The van der Waals surface area contributed by atoms with E-state index >= 15 is 0 Å². The summed E-state index contributed by atoms with van der Waals surface area (Å²) in [5.74, 6) is 1.15. The van der Waals surface area contributed by atoms with E-state index in [1.54, 1.807) is 4.68 Å². The molecule has 0 aromatic carbocycles. The van der Waals surface area contributed by atoms with Crippen molar-refractivity contribution < 1.29 is 3.79 Å². The zero-order valence-electron chi connectivity index (χ0n) is 9.64. The van der Waals surface area contributed by atoms with Gasteiger partial charge in [0.1, 0.15) is 0 Å². The minimum atomic E-state index is -0.473. The van der Waals surface area contributed by atoms with Gasteiger partial charge in [0.2, 0.25) is 11.7 Å². The van der Waals surface area contributed by atoms with Gasteiger partial charge < -0.3 is 3.79 Å². The van der Waals surface area contributed by atoms with Gasteiger partial charge >= 0.3 is 16.6 Å². The van der Waals surface area contributed by atoms with E-state index in [-0.39, 0.29) is 0 Å². The van der Waals surface area contributed by atoms with Crippen molar-refractivity contribution >= 4 is 28.4 Å². The summed E-state index contributed by atoms with van der Waals surface area (Å²) < 4.78 is 6.84. The molecule has 2 heterocycles. The molecule has 0 spiro atoms. The van der Waals surface area contributed by atoms with Gasteiger partial charge in [-0.2, -0.15) is 5.10 Å². The van der Waals surface area contributed by atoms with Gasteiger partial charge in [0, 0.05) is 6.20 Å². The van der Waals surface area contributed by atoms with Gasteiger partial charge in [0.15, 0.2) is 5.66 Å². The molecule has 0 bridgehead atoms. The quantitative estimate of drug-likeness (QED) is 0.676. The predicted molar refractivity (Wildman–Crippen MR) is 62.8 cm³/mol. The third kappa shape index (κ3) is 2.04. The summed E-state index contributed by atoms with van der Waals surface area (Å²) in [7, 11) is 0. The number of hydrogen-bond donors (Lipinski definition) is 0. The van der Waals surface area contributed by atoms with E-state index in [1.807, 2.05) is 26.1 Å². The molecule has 0 amide bonds. The fraction of sp³-hybridized carbons (Fsp3) is 0.500. The van der Waals surface area contributed by atoms with E-state index < -0.39 is 5.66 Å². The van der Waals surface area contributed by atoms with Crippen LogP contribution in [0.4, 0.5) is 0 Å². The molecule has 2 rings (SSSR count). The summed E-state index contributed by atoms with van der Waals surface area (Å²) in [4.78, 5) is 8.81. The lowest BCUT2D eigenvalue weighted by atomic mass is 10.3. The molecular weight excluding hydrogens is 219 g/mol. The van der Waals surface area contributed by atoms with Crippen molar-refractivity contribution in [2.75, 3.05) is 0 Å². The van der Waals surface area contributed by atoms with E-state index in [0.717, 1.165) is 12.1 Å². The molecule has 0 unspecified atom stereocenters. The SMILES string of the molecule is CCc1ccn(C2=NC(C)(C)N=C2[O][Al])n1. The van der Waals surface area contributed by atoms with Gasteiger partial charge in [-0.1, -0.05) is 6.92 Å². The fourth-order valence-corrected chi connectivity index (χ4v) is 1.69. The number of rotatable bonds is 1. The second-order valence-corrected chi connectivity index (χ2v) is 4.31. The van der Waals surface area contributed by atoms with Gasteiger partial charge in [-0.15, -0.1) is 0 Å². The van der Waals surface area contributed by atoms with Crippen molar-refractivity contribution in [3.8, 4) is 0 Å². The zero-order valence-corrected chi connectivity index (χ0v) is 10.8. The Morgan fingerprint density at radius 2 is 2.19 bits per heavy atom.